The fraction of sp³-hybridized carbons (Fsp3) is 0.667. The minimum absolute atomic E-state index is 0.341. The molecule has 1 saturated carbocycles. The van der Waals surface area contributed by atoms with Crippen molar-refractivity contribution >= 4 is 27.7 Å². The third kappa shape index (κ3) is 2.75. The highest BCUT2D eigenvalue weighted by Crippen LogP contribution is 2.30. The van der Waals surface area contributed by atoms with E-state index in [4.69, 9.17) is 5.73 Å². The lowest BCUT2D eigenvalue weighted by Crippen LogP contribution is -2.47. The topological polar surface area (TPSA) is 58.3 Å². The van der Waals surface area contributed by atoms with Crippen molar-refractivity contribution in [1.82, 2.24) is 14.9 Å². The van der Waals surface area contributed by atoms with Crippen molar-refractivity contribution < 1.29 is 0 Å². The summed E-state index contributed by atoms with van der Waals surface area (Å²) in [7, 11) is 0. The Hall–Kier alpha value is -0.880. The Kier molecular flexibility index (Phi) is 3.39. The van der Waals surface area contributed by atoms with Crippen LogP contribution in [0.2, 0.25) is 0 Å². The lowest BCUT2D eigenvalue weighted by molar-refractivity contribution is 0.247. The predicted octanol–water partition coefficient (Wildman–Crippen LogP) is 1.35. The number of rotatable bonds is 3. The first-order valence-electron chi connectivity index (χ1n) is 6.47. The molecule has 0 spiro atoms. The summed E-state index contributed by atoms with van der Waals surface area (Å²) in [6.07, 6.45) is 4.58. The van der Waals surface area contributed by atoms with Gasteiger partial charge in [0, 0.05) is 38.9 Å². The Balaban J connectivity index is 1.62. The van der Waals surface area contributed by atoms with Crippen molar-refractivity contribution in [2.24, 2.45) is 5.92 Å². The molecule has 1 saturated heterocycles. The summed E-state index contributed by atoms with van der Waals surface area (Å²) in [5.41, 5.74) is 5.66. The van der Waals surface area contributed by atoms with E-state index in [1.165, 1.54) is 19.4 Å². The second kappa shape index (κ2) is 5.01. The molecule has 2 heterocycles. The number of nitrogens with zero attached hydrogens (tertiary/aromatic N) is 4. The van der Waals surface area contributed by atoms with Crippen molar-refractivity contribution in [3.05, 3.63) is 10.7 Å². The summed E-state index contributed by atoms with van der Waals surface area (Å²) >= 11 is 3.50. The van der Waals surface area contributed by atoms with Gasteiger partial charge in [-0.15, -0.1) is 0 Å². The number of anilines is 2. The van der Waals surface area contributed by atoms with Gasteiger partial charge in [0.05, 0.1) is 4.47 Å². The summed E-state index contributed by atoms with van der Waals surface area (Å²) in [5.74, 6) is 2.24. The molecule has 0 bridgehead atoms. The van der Waals surface area contributed by atoms with Crippen LogP contribution in [-0.2, 0) is 0 Å². The highest BCUT2D eigenvalue weighted by atomic mass is 79.9. The smallest absolute Gasteiger partial charge is 0.222 e. The van der Waals surface area contributed by atoms with Gasteiger partial charge in [-0.25, -0.2) is 4.98 Å². The average molecular weight is 312 g/mol. The number of hydrogen-bond donors (Lipinski definition) is 1. The van der Waals surface area contributed by atoms with E-state index < -0.39 is 0 Å². The lowest BCUT2D eigenvalue weighted by Gasteiger charge is -2.35. The molecule has 1 aromatic heterocycles. The zero-order chi connectivity index (χ0) is 12.5. The van der Waals surface area contributed by atoms with Crippen LogP contribution >= 0.6 is 15.9 Å². The molecule has 18 heavy (non-hydrogen) atoms. The van der Waals surface area contributed by atoms with Gasteiger partial charge >= 0.3 is 0 Å². The normalized spacial score (nSPS) is 21.3. The molecule has 6 heteroatoms. The number of nitrogen functional groups attached to an aromatic ring is 1. The van der Waals surface area contributed by atoms with Gasteiger partial charge in [0.15, 0.2) is 0 Å². The van der Waals surface area contributed by atoms with Crippen molar-refractivity contribution in [1.29, 1.82) is 0 Å². The first-order chi connectivity index (χ1) is 8.72. The number of aromatic nitrogens is 2. The van der Waals surface area contributed by atoms with E-state index in [1.54, 1.807) is 6.20 Å². The molecule has 0 amide bonds. The second-order valence-corrected chi connectivity index (χ2v) is 5.99. The van der Waals surface area contributed by atoms with Gasteiger partial charge in [0.2, 0.25) is 5.95 Å². The molecule has 2 N–H and O–H groups in total. The maximum Gasteiger partial charge on any atom is 0.222 e. The minimum atomic E-state index is 0.341. The Morgan fingerprint density at radius 3 is 2.67 bits per heavy atom. The number of piperazine rings is 1. The molecule has 1 aliphatic carbocycles. The van der Waals surface area contributed by atoms with E-state index >= 15 is 0 Å². The second-order valence-electron chi connectivity index (χ2n) is 5.13. The van der Waals surface area contributed by atoms with Crippen molar-refractivity contribution in [3.8, 4) is 0 Å². The predicted molar refractivity (Wildman–Crippen MR) is 75.5 cm³/mol. The van der Waals surface area contributed by atoms with Crippen LogP contribution in [0.3, 0.4) is 0 Å². The Morgan fingerprint density at radius 1 is 1.28 bits per heavy atom. The molecule has 2 fully saturated rings. The molecular weight excluding hydrogens is 294 g/mol. The molecule has 0 unspecified atom stereocenters. The van der Waals surface area contributed by atoms with Crippen LogP contribution in [0.25, 0.3) is 0 Å². The monoisotopic (exact) mass is 311 g/mol. The Bertz CT molecular complexity index is 426. The maximum absolute atomic E-state index is 5.66. The summed E-state index contributed by atoms with van der Waals surface area (Å²) in [4.78, 5) is 13.1. The molecular formula is C12H18BrN5. The summed E-state index contributed by atoms with van der Waals surface area (Å²) in [6, 6.07) is 0. The van der Waals surface area contributed by atoms with Gasteiger partial charge in [0.1, 0.15) is 5.82 Å². The Morgan fingerprint density at radius 2 is 2.00 bits per heavy atom. The van der Waals surface area contributed by atoms with Crippen LogP contribution in [0.5, 0.6) is 0 Å². The van der Waals surface area contributed by atoms with E-state index in [2.05, 4.69) is 35.7 Å². The molecule has 98 valence electrons. The van der Waals surface area contributed by atoms with Crippen LogP contribution in [0.1, 0.15) is 12.8 Å². The van der Waals surface area contributed by atoms with Crippen molar-refractivity contribution in [2.75, 3.05) is 43.4 Å². The van der Waals surface area contributed by atoms with E-state index in [-0.39, 0.29) is 0 Å². The fourth-order valence-corrected chi connectivity index (χ4v) is 2.84. The van der Waals surface area contributed by atoms with E-state index in [0.29, 0.717) is 5.95 Å². The van der Waals surface area contributed by atoms with Gasteiger partial charge in [-0.05, 0) is 34.7 Å². The van der Waals surface area contributed by atoms with E-state index in [0.717, 1.165) is 42.4 Å². The van der Waals surface area contributed by atoms with E-state index in [9.17, 15) is 0 Å². The number of hydrogen-bond acceptors (Lipinski definition) is 5. The molecule has 3 rings (SSSR count). The van der Waals surface area contributed by atoms with Crippen LogP contribution in [0.15, 0.2) is 10.7 Å². The molecule has 1 aliphatic heterocycles. The first kappa shape index (κ1) is 12.2. The standard InChI is InChI=1S/C12H18BrN5/c13-10-7-15-12(14)16-11(10)18-5-3-17(4-6-18)8-9-1-2-9/h7,9H,1-6,8H2,(H2,14,15,16). The quantitative estimate of drug-likeness (QED) is 0.913. The van der Waals surface area contributed by atoms with Crippen LogP contribution < -0.4 is 10.6 Å². The zero-order valence-electron chi connectivity index (χ0n) is 10.3. The third-order valence-electron chi connectivity index (χ3n) is 3.63. The van der Waals surface area contributed by atoms with E-state index in [1.807, 2.05) is 0 Å². The molecule has 5 nitrogen and oxygen atoms in total. The van der Waals surface area contributed by atoms with Gasteiger partial charge < -0.3 is 10.6 Å². The number of nitrogens with two attached hydrogens (primary N) is 1. The highest BCUT2D eigenvalue weighted by molar-refractivity contribution is 9.10. The van der Waals surface area contributed by atoms with Gasteiger partial charge in [-0.3, -0.25) is 4.90 Å². The maximum atomic E-state index is 5.66. The van der Waals surface area contributed by atoms with Gasteiger partial charge in [0.25, 0.3) is 0 Å². The largest absolute Gasteiger partial charge is 0.368 e. The molecule has 0 aromatic carbocycles. The molecule has 0 atom stereocenters. The highest BCUT2D eigenvalue weighted by Gasteiger charge is 2.27. The van der Waals surface area contributed by atoms with Crippen LogP contribution in [0.4, 0.5) is 11.8 Å². The summed E-state index contributed by atoms with van der Waals surface area (Å²) in [6.45, 7) is 5.55. The summed E-state index contributed by atoms with van der Waals surface area (Å²) in [5, 5.41) is 0. The molecule has 2 aliphatic rings. The third-order valence-corrected chi connectivity index (χ3v) is 4.19. The van der Waals surface area contributed by atoms with Crippen molar-refractivity contribution in [3.63, 3.8) is 0 Å². The number of halogens is 1. The Labute approximate surface area is 116 Å². The van der Waals surface area contributed by atoms with Crippen LogP contribution in [0, 0.1) is 5.92 Å². The molecule has 1 aromatic rings. The van der Waals surface area contributed by atoms with Gasteiger partial charge in [-0.1, -0.05) is 0 Å². The minimum Gasteiger partial charge on any atom is -0.368 e. The summed E-state index contributed by atoms with van der Waals surface area (Å²) < 4.78 is 0.923. The van der Waals surface area contributed by atoms with Gasteiger partial charge in [-0.2, -0.15) is 4.98 Å². The lowest BCUT2D eigenvalue weighted by atomic mass is 10.3. The van der Waals surface area contributed by atoms with Crippen LogP contribution in [-0.4, -0.2) is 47.6 Å². The SMILES string of the molecule is Nc1ncc(Br)c(N2CCN(CC3CC3)CC2)n1. The average Bonchev–Trinajstić information content (AvgIpc) is 3.17. The zero-order valence-corrected chi connectivity index (χ0v) is 11.9. The van der Waals surface area contributed by atoms with Crippen molar-refractivity contribution in [2.45, 2.75) is 12.8 Å². The fourth-order valence-electron chi connectivity index (χ4n) is 2.40. The first-order valence-corrected chi connectivity index (χ1v) is 7.27. The molecule has 0 radical (unpaired) electrons.